The summed E-state index contributed by atoms with van der Waals surface area (Å²) in [6.45, 7) is 0. The van der Waals surface area contributed by atoms with Crippen molar-refractivity contribution in [2.45, 2.75) is 0 Å². The van der Waals surface area contributed by atoms with Gasteiger partial charge < -0.3 is 9.84 Å². The van der Waals surface area contributed by atoms with Gasteiger partial charge in [-0.2, -0.15) is 0 Å². The molecule has 0 saturated heterocycles. The number of rotatable bonds is 2. The Hall–Kier alpha value is -1.48. The van der Waals surface area contributed by atoms with E-state index < -0.39 is 0 Å². The van der Waals surface area contributed by atoms with Crippen molar-refractivity contribution in [3.63, 3.8) is 0 Å². The van der Waals surface area contributed by atoms with Gasteiger partial charge in [-0.25, -0.2) is 0 Å². The average Bonchev–Trinajstić information content (AvgIpc) is 2.22. The normalized spacial score (nSPS) is 9.93. The molecule has 0 aliphatic heterocycles. The molecule has 0 heterocycles. The molecule has 0 fully saturated rings. The predicted molar refractivity (Wildman–Crippen MR) is 62.3 cm³/mol. The van der Waals surface area contributed by atoms with Crippen molar-refractivity contribution in [1.29, 1.82) is 0 Å². The minimum atomic E-state index is 0.233. The molecule has 0 bridgehead atoms. The van der Waals surface area contributed by atoms with Gasteiger partial charge in [-0.05, 0) is 42.5 Å². The van der Waals surface area contributed by atoms with E-state index >= 15 is 0 Å². The molecule has 15 heavy (non-hydrogen) atoms. The van der Waals surface area contributed by atoms with Gasteiger partial charge in [0.1, 0.15) is 17.2 Å². The summed E-state index contributed by atoms with van der Waals surface area (Å²) in [5, 5.41) is 9.10. The van der Waals surface area contributed by atoms with Crippen LogP contribution in [0.2, 0.25) is 0 Å². The van der Waals surface area contributed by atoms with E-state index in [9.17, 15) is 0 Å². The van der Waals surface area contributed by atoms with E-state index in [2.05, 4.69) is 15.9 Å². The van der Waals surface area contributed by atoms with E-state index in [0.717, 1.165) is 10.2 Å². The highest BCUT2D eigenvalue weighted by atomic mass is 79.9. The summed E-state index contributed by atoms with van der Waals surface area (Å²) in [4.78, 5) is 0. The molecule has 0 amide bonds. The van der Waals surface area contributed by atoms with Crippen molar-refractivity contribution < 1.29 is 9.84 Å². The van der Waals surface area contributed by atoms with Crippen LogP contribution in [0.15, 0.2) is 53.0 Å². The highest BCUT2D eigenvalue weighted by Crippen LogP contribution is 2.25. The van der Waals surface area contributed by atoms with E-state index in [1.165, 1.54) is 0 Å². The number of halogens is 1. The van der Waals surface area contributed by atoms with Crippen LogP contribution in [0.4, 0.5) is 0 Å². The topological polar surface area (TPSA) is 29.5 Å². The second kappa shape index (κ2) is 4.36. The first-order chi connectivity index (χ1) is 7.24. The Morgan fingerprint density at radius 2 is 1.67 bits per heavy atom. The van der Waals surface area contributed by atoms with Crippen LogP contribution in [0.3, 0.4) is 0 Å². The summed E-state index contributed by atoms with van der Waals surface area (Å²) in [6.07, 6.45) is 0. The summed E-state index contributed by atoms with van der Waals surface area (Å²) in [5.74, 6) is 1.69. The molecule has 2 aromatic rings. The lowest BCUT2D eigenvalue weighted by molar-refractivity contribution is 0.464. The maximum absolute atomic E-state index is 9.10. The van der Waals surface area contributed by atoms with Crippen molar-refractivity contribution in [3.8, 4) is 17.2 Å². The van der Waals surface area contributed by atoms with Crippen LogP contribution < -0.4 is 4.74 Å². The summed E-state index contributed by atoms with van der Waals surface area (Å²) in [5.41, 5.74) is 0. The quantitative estimate of drug-likeness (QED) is 0.890. The van der Waals surface area contributed by atoms with E-state index in [4.69, 9.17) is 9.84 Å². The highest BCUT2D eigenvalue weighted by Gasteiger charge is 1.97. The Morgan fingerprint density at radius 3 is 2.33 bits per heavy atom. The van der Waals surface area contributed by atoms with Crippen LogP contribution in [0.25, 0.3) is 0 Å². The Bertz CT molecular complexity index is 451. The lowest BCUT2D eigenvalue weighted by atomic mass is 10.3. The zero-order valence-corrected chi connectivity index (χ0v) is 9.44. The molecule has 0 aromatic heterocycles. The number of benzene rings is 2. The Labute approximate surface area is 96.3 Å². The third kappa shape index (κ3) is 2.73. The molecule has 2 aromatic carbocycles. The van der Waals surface area contributed by atoms with Crippen LogP contribution in [0, 0.1) is 0 Å². The van der Waals surface area contributed by atoms with Gasteiger partial charge in [0.25, 0.3) is 0 Å². The first kappa shape index (κ1) is 10.1. The van der Waals surface area contributed by atoms with Crippen molar-refractivity contribution in [2.75, 3.05) is 0 Å². The molecule has 0 saturated carbocycles. The Kier molecular flexibility index (Phi) is 2.92. The molecular weight excluding hydrogens is 256 g/mol. The minimum Gasteiger partial charge on any atom is -0.508 e. The van der Waals surface area contributed by atoms with Gasteiger partial charge in [-0.1, -0.05) is 22.0 Å². The van der Waals surface area contributed by atoms with Gasteiger partial charge in [-0.3, -0.25) is 0 Å². The average molecular weight is 265 g/mol. The fourth-order valence-corrected chi connectivity index (χ4v) is 1.56. The molecule has 0 aliphatic rings. The summed E-state index contributed by atoms with van der Waals surface area (Å²) in [7, 11) is 0. The van der Waals surface area contributed by atoms with Gasteiger partial charge in [0.05, 0.1) is 0 Å². The molecule has 0 unspecified atom stereocenters. The first-order valence-corrected chi connectivity index (χ1v) is 5.26. The fourth-order valence-electron chi connectivity index (χ4n) is 1.18. The molecule has 1 N–H and O–H groups in total. The SMILES string of the molecule is Oc1ccc(Oc2cccc(Br)c2)cc1. The second-order valence-corrected chi connectivity index (χ2v) is 3.97. The molecule has 0 radical (unpaired) electrons. The zero-order valence-electron chi connectivity index (χ0n) is 7.85. The van der Waals surface area contributed by atoms with Gasteiger partial charge in [0.2, 0.25) is 0 Å². The molecule has 0 spiro atoms. The van der Waals surface area contributed by atoms with Gasteiger partial charge in [0, 0.05) is 4.47 Å². The first-order valence-electron chi connectivity index (χ1n) is 4.46. The lowest BCUT2D eigenvalue weighted by Crippen LogP contribution is -1.82. The molecular formula is C12H9BrO2. The maximum atomic E-state index is 9.10. The van der Waals surface area contributed by atoms with E-state index in [1.54, 1.807) is 24.3 Å². The van der Waals surface area contributed by atoms with Crippen molar-refractivity contribution in [2.24, 2.45) is 0 Å². The molecule has 0 aliphatic carbocycles. The van der Waals surface area contributed by atoms with Crippen LogP contribution in [-0.4, -0.2) is 5.11 Å². The van der Waals surface area contributed by atoms with E-state index in [0.29, 0.717) is 5.75 Å². The zero-order chi connectivity index (χ0) is 10.7. The number of ether oxygens (including phenoxy) is 1. The second-order valence-electron chi connectivity index (χ2n) is 3.05. The summed E-state index contributed by atoms with van der Waals surface area (Å²) >= 11 is 3.37. The fraction of sp³-hybridized carbons (Fsp3) is 0. The molecule has 2 nitrogen and oxygen atoms in total. The van der Waals surface area contributed by atoms with E-state index in [-0.39, 0.29) is 5.75 Å². The van der Waals surface area contributed by atoms with Gasteiger partial charge in [-0.15, -0.1) is 0 Å². The van der Waals surface area contributed by atoms with Gasteiger partial charge >= 0.3 is 0 Å². The number of hydrogen-bond acceptors (Lipinski definition) is 2. The standard InChI is InChI=1S/C12H9BrO2/c13-9-2-1-3-12(8-9)15-11-6-4-10(14)5-7-11/h1-8,14H. The van der Waals surface area contributed by atoms with Crippen LogP contribution in [0.5, 0.6) is 17.2 Å². The number of phenolic OH excluding ortho intramolecular Hbond substituents is 1. The summed E-state index contributed by atoms with van der Waals surface area (Å²) < 4.78 is 6.54. The monoisotopic (exact) mass is 264 g/mol. The van der Waals surface area contributed by atoms with Crippen LogP contribution >= 0.6 is 15.9 Å². The smallest absolute Gasteiger partial charge is 0.128 e. The largest absolute Gasteiger partial charge is 0.508 e. The third-order valence-corrected chi connectivity index (χ3v) is 2.36. The highest BCUT2D eigenvalue weighted by molar-refractivity contribution is 9.10. The lowest BCUT2D eigenvalue weighted by Gasteiger charge is -2.05. The Morgan fingerprint density at radius 1 is 0.933 bits per heavy atom. The number of aromatic hydroxyl groups is 1. The molecule has 2 rings (SSSR count). The maximum Gasteiger partial charge on any atom is 0.128 e. The van der Waals surface area contributed by atoms with Gasteiger partial charge in [0.15, 0.2) is 0 Å². The predicted octanol–water partition coefficient (Wildman–Crippen LogP) is 3.95. The number of phenols is 1. The van der Waals surface area contributed by atoms with Crippen LogP contribution in [-0.2, 0) is 0 Å². The molecule has 76 valence electrons. The summed E-state index contributed by atoms with van der Waals surface area (Å²) in [6, 6.07) is 14.2. The van der Waals surface area contributed by atoms with Crippen LogP contribution in [0.1, 0.15) is 0 Å². The number of hydrogen-bond donors (Lipinski definition) is 1. The van der Waals surface area contributed by atoms with Crippen molar-refractivity contribution >= 4 is 15.9 Å². The van der Waals surface area contributed by atoms with E-state index in [1.807, 2.05) is 24.3 Å². The Balaban J connectivity index is 2.18. The molecule has 0 atom stereocenters. The van der Waals surface area contributed by atoms with Crippen molar-refractivity contribution in [1.82, 2.24) is 0 Å². The molecule has 3 heteroatoms. The minimum absolute atomic E-state index is 0.233. The van der Waals surface area contributed by atoms with Crippen molar-refractivity contribution in [3.05, 3.63) is 53.0 Å². The third-order valence-electron chi connectivity index (χ3n) is 1.87.